The van der Waals surface area contributed by atoms with Gasteiger partial charge >= 0.3 is 0 Å². The van der Waals surface area contributed by atoms with Gasteiger partial charge in [0.25, 0.3) is 5.91 Å². The molecule has 4 heteroatoms. The molecule has 0 unspecified atom stereocenters. The molecule has 1 saturated heterocycles. The predicted octanol–water partition coefficient (Wildman–Crippen LogP) is 0.706. The van der Waals surface area contributed by atoms with E-state index < -0.39 is 0 Å². The van der Waals surface area contributed by atoms with Gasteiger partial charge in [-0.05, 0) is 6.42 Å². The Hall–Kier alpha value is -0.870. The number of amides is 1. The van der Waals surface area contributed by atoms with E-state index in [1.54, 1.807) is 6.08 Å². The Balaban J connectivity index is 2.18. The molecule has 1 fully saturated rings. The topological polar surface area (TPSA) is 41.6 Å². The van der Waals surface area contributed by atoms with Crippen LogP contribution in [-0.4, -0.2) is 37.2 Å². The molecular formula is C10H18N2O2. The minimum Gasteiger partial charge on any atom is -0.379 e. The number of unbranched alkanes of at least 4 members (excludes halogenated alkanes) is 1. The van der Waals surface area contributed by atoms with Gasteiger partial charge in [-0.25, -0.2) is 5.01 Å². The van der Waals surface area contributed by atoms with E-state index in [-0.39, 0.29) is 5.91 Å². The second-order valence-electron chi connectivity index (χ2n) is 3.27. The predicted molar refractivity (Wildman–Crippen MR) is 54.6 cm³/mol. The number of hydrogen-bond acceptors (Lipinski definition) is 3. The Morgan fingerprint density at radius 2 is 2.21 bits per heavy atom. The zero-order valence-electron chi connectivity index (χ0n) is 8.66. The molecule has 1 heterocycles. The molecule has 0 spiro atoms. The van der Waals surface area contributed by atoms with Crippen molar-refractivity contribution in [1.82, 2.24) is 10.4 Å². The SMILES string of the molecule is CCCC=CC(=O)NN1CCOCC1. The summed E-state index contributed by atoms with van der Waals surface area (Å²) >= 11 is 0. The van der Waals surface area contributed by atoms with Gasteiger partial charge in [0.2, 0.25) is 0 Å². The van der Waals surface area contributed by atoms with Crippen molar-refractivity contribution >= 4 is 5.91 Å². The Morgan fingerprint density at radius 1 is 1.50 bits per heavy atom. The van der Waals surface area contributed by atoms with E-state index in [4.69, 9.17) is 4.74 Å². The van der Waals surface area contributed by atoms with E-state index in [0.717, 1.165) is 25.9 Å². The molecular weight excluding hydrogens is 180 g/mol. The van der Waals surface area contributed by atoms with Gasteiger partial charge in [-0.2, -0.15) is 0 Å². The molecule has 0 aromatic heterocycles. The van der Waals surface area contributed by atoms with Crippen LogP contribution in [-0.2, 0) is 9.53 Å². The number of carbonyl (C=O) groups is 1. The molecule has 4 nitrogen and oxygen atoms in total. The molecule has 1 rings (SSSR count). The van der Waals surface area contributed by atoms with Crippen molar-refractivity contribution in [3.63, 3.8) is 0 Å². The summed E-state index contributed by atoms with van der Waals surface area (Å²) in [5.41, 5.74) is 2.81. The third kappa shape index (κ3) is 4.39. The molecule has 0 saturated carbocycles. The van der Waals surface area contributed by atoms with Crippen molar-refractivity contribution in [2.24, 2.45) is 0 Å². The number of nitrogens with one attached hydrogen (secondary N) is 1. The second kappa shape index (κ2) is 6.56. The zero-order valence-corrected chi connectivity index (χ0v) is 8.66. The van der Waals surface area contributed by atoms with Gasteiger partial charge in [-0.1, -0.05) is 19.4 Å². The number of rotatable bonds is 4. The summed E-state index contributed by atoms with van der Waals surface area (Å²) in [6, 6.07) is 0. The molecule has 0 aromatic carbocycles. The van der Waals surface area contributed by atoms with Crippen molar-refractivity contribution in [1.29, 1.82) is 0 Å². The maximum atomic E-state index is 11.3. The van der Waals surface area contributed by atoms with Gasteiger partial charge in [0.05, 0.1) is 13.2 Å². The van der Waals surface area contributed by atoms with E-state index in [0.29, 0.717) is 13.2 Å². The lowest BCUT2D eigenvalue weighted by atomic mass is 10.3. The molecule has 1 amide bonds. The van der Waals surface area contributed by atoms with E-state index in [2.05, 4.69) is 12.3 Å². The maximum absolute atomic E-state index is 11.3. The normalized spacial score (nSPS) is 18.6. The Morgan fingerprint density at radius 3 is 2.86 bits per heavy atom. The van der Waals surface area contributed by atoms with Crippen molar-refractivity contribution in [3.05, 3.63) is 12.2 Å². The highest BCUT2D eigenvalue weighted by atomic mass is 16.5. The van der Waals surface area contributed by atoms with Gasteiger partial charge in [0, 0.05) is 19.2 Å². The lowest BCUT2D eigenvalue weighted by molar-refractivity contribution is -0.123. The van der Waals surface area contributed by atoms with Gasteiger partial charge in [0.1, 0.15) is 0 Å². The first-order valence-corrected chi connectivity index (χ1v) is 5.12. The third-order valence-corrected chi connectivity index (χ3v) is 2.00. The highest BCUT2D eigenvalue weighted by Gasteiger charge is 2.10. The summed E-state index contributed by atoms with van der Waals surface area (Å²) in [5, 5.41) is 1.89. The lowest BCUT2D eigenvalue weighted by Crippen LogP contribution is -2.47. The summed E-state index contributed by atoms with van der Waals surface area (Å²) < 4.78 is 5.17. The standard InChI is InChI=1S/C10H18N2O2/c1-2-3-4-5-10(13)11-12-6-8-14-9-7-12/h4-5H,2-3,6-9H2,1H3,(H,11,13). The number of hydrogen-bond donors (Lipinski definition) is 1. The van der Waals surface area contributed by atoms with Crippen LogP contribution in [0.4, 0.5) is 0 Å². The van der Waals surface area contributed by atoms with Crippen LogP contribution in [0, 0.1) is 0 Å². The molecule has 1 aliphatic rings. The average Bonchev–Trinajstić information content (AvgIpc) is 2.20. The molecule has 0 atom stereocenters. The monoisotopic (exact) mass is 198 g/mol. The summed E-state index contributed by atoms with van der Waals surface area (Å²) in [6.45, 7) is 5.02. The molecule has 0 aromatic rings. The van der Waals surface area contributed by atoms with Crippen molar-refractivity contribution < 1.29 is 9.53 Å². The fraction of sp³-hybridized carbons (Fsp3) is 0.700. The quantitative estimate of drug-likeness (QED) is 0.676. The Kier molecular flexibility index (Phi) is 5.25. The second-order valence-corrected chi connectivity index (χ2v) is 3.27. The van der Waals surface area contributed by atoms with Gasteiger partial charge in [-0.15, -0.1) is 0 Å². The Bertz CT molecular complexity index is 198. The number of allylic oxidation sites excluding steroid dienone is 1. The lowest BCUT2D eigenvalue weighted by Gasteiger charge is -2.26. The number of morpholine rings is 1. The first-order chi connectivity index (χ1) is 6.83. The zero-order chi connectivity index (χ0) is 10.2. The van der Waals surface area contributed by atoms with Crippen LogP contribution >= 0.6 is 0 Å². The minimum atomic E-state index is -0.0413. The van der Waals surface area contributed by atoms with Crippen LogP contribution in [0.5, 0.6) is 0 Å². The van der Waals surface area contributed by atoms with E-state index in [9.17, 15) is 4.79 Å². The summed E-state index contributed by atoms with van der Waals surface area (Å²) in [5.74, 6) is -0.0413. The third-order valence-electron chi connectivity index (χ3n) is 2.00. The first-order valence-electron chi connectivity index (χ1n) is 5.12. The van der Waals surface area contributed by atoms with Gasteiger partial charge in [0.15, 0.2) is 0 Å². The van der Waals surface area contributed by atoms with E-state index in [1.807, 2.05) is 11.1 Å². The molecule has 0 radical (unpaired) electrons. The highest BCUT2D eigenvalue weighted by Crippen LogP contribution is 1.93. The number of nitrogens with zero attached hydrogens (tertiary/aromatic N) is 1. The van der Waals surface area contributed by atoms with Gasteiger partial charge < -0.3 is 4.74 Å². The Labute approximate surface area is 84.9 Å². The van der Waals surface area contributed by atoms with Crippen LogP contribution in [0.3, 0.4) is 0 Å². The molecule has 1 aliphatic heterocycles. The molecule has 1 N–H and O–H groups in total. The fourth-order valence-corrected chi connectivity index (χ4v) is 1.23. The molecule has 0 bridgehead atoms. The highest BCUT2D eigenvalue weighted by molar-refractivity contribution is 5.86. The number of hydrazine groups is 1. The first kappa shape index (κ1) is 11.2. The summed E-state index contributed by atoms with van der Waals surface area (Å²) in [6.07, 6.45) is 5.52. The molecule has 14 heavy (non-hydrogen) atoms. The average molecular weight is 198 g/mol. The summed E-state index contributed by atoms with van der Waals surface area (Å²) in [7, 11) is 0. The minimum absolute atomic E-state index is 0.0413. The smallest absolute Gasteiger partial charge is 0.257 e. The summed E-state index contributed by atoms with van der Waals surface area (Å²) in [4.78, 5) is 11.3. The number of carbonyl (C=O) groups excluding carboxylic acids is 1. The molecule has 0 aliphatic carbocycles. The number of ether oxygens (including phenoxy) is 1. The van der Waals surface area contributed by atoms with Gasteiger partial charge in [-0.3, -0.25) is 10.2 Å². The van der Waals surface area contributed by atoms with Crippen molar-refractivity contribution in [3.8, 4) is 0 Å². The molecule has 80 valence electrons. The van der Waals surface area contributed by atoms with Crippen LogP contribution in [0.15, 0.2) is 12.2 Å². The van der Waals surface area contributed by atoms with Crippen molar-refractivity contribution in [2.45, 2.75) is 19.8 Å². The van der Waals surface area contributed by atoms with Crippen molar-refractivity contribution in [2.75, 3.05) is 26.3 Å². The maximum Gasteiger partial charge on any atom is 0.257 e. The van der Waals surface area contributed by atoms with Crippen LogP contribution in [0.1, 0.15) is 19.8 Å². The van der Waals surface area contributed by atoms with Crippen LogP contribution in [0.25, 0.3) is 0 Å². The van der Waals surface area contributed by atoms with E-state index >= 15 is 0 Å². The van der Waals surface area contributed by atoms with Crippen LogP contribution in [0.2, 0.25) is 0 Å². The van der Waals surface area contributed by atoms with E-state index in [1.165, 1.54) is 0 Å². The van der Waals surface area contributed by atoms with Crippen LogP contribution < -0.4 is 5.43 Å². The largest absolute Gasteiger partial charge is 0.379 e. The fourth-order valence-electron chi connectivity index (χ4n) is 1.23.